The molecule has 2 aliphatic rings. The molecule has 2 fully saturated rings. The number of unbranched alkanes of at least 4 members (excludes halogenated alkanes) is 26. The first kappa shape index (κ1) is 57.4. The average Bonchev–Trinajstić information content (AvgIpc) is 3.26. The van der Waals surface area contributed by atoms with Gasteiger partial charge in [-0.05, 0) is 35.9 Å². The Bertz CT molecular complexity index is 933. The summed E-state index contributed by atoms with van der Waals surface area (Å²) in [6, 6.07) is 0. The number of hydrogen-bond acceptors (Lipinski definition) is 13. The zero-order chi connectivity index (χ0) is 44.3. The van der Waals surface area contributed by atoms with E-state index in [4.69, 9.17) is 18.9 Å². The minimum absolute atomic E-state index is 0.205. The van der Waals surface area contributed by atoms with E-state index >= 15 is 0 Å². The fraction of sp³-hybridized carbons (Fsp3) is 1.00. The minimum Gasteiger partial charge on any atom is -0.394 e. The summed E-state index contributed by atoms with van der Waals surface area (Å²) in [5, 5.41) is 72.7. The van der Waals surface area contributed by atoms with Gasteiger partial charge in [0.2, 0.25) is 0 Å². The van der Waals surface area contributed by atoms with Gasteiger partial charge in [-0.25, -0.2) is 0 Å². The molecule has 0 aromatic rings. The first-order valence-electron chi connectivity index (χ1n) is 25.1. The highest BCUT2D eigenvalue weighted by Gasteiger charge is 2.50. The van der Waals surface area contributed by atoms with Gasteiger partial charge >= 0.3 is 0 Å². The molecule has 0 saturated carbocycles. The maximum Gasteiger partial charge on any atom is 0.187 e. The van der Waals surface area contributed by atoms with E-state index in [9.17, 15) is 35.7 Å². The Balaban J connectivity index is 1.74. The maximum atomic E-state index is 11.1. The zero-order valence-electron chi connectivity index (χ0n) is 38.7. The zero-order valence-corrected chi connectivity index (χ0v) is 40.3. The summed E-state index contributed by atoms with van der Waals surface area (Å²) in [7, 11) is 0. The number of hydrogen-bond donors (Lipinski definition) is 7. The van der Waals surface area contributed by atoms with Crippen molar-refractivity contribution in [2.75, 3.05) is 42.8 Å². The number of aliphatic hydroxyl groups is 7. The van der Waals surface area contributed by atoms with Crippen molar-refractivity contribution in [3.8, 4) is 0 Å². The summed E-state index contributed by atoms with van der Waals surface area (Å²) in [5.74, 6) is 4.24. The molecular weight excluding hydrogens is 817 g/mol. The van der Waals surface area contributed by atoms with E-state index in [0.29, 0.717) is 6.61 Å². The van der Waals surface area contributed by atoms with Gasteiger partial charge in [0, 0.05) is 5.92 Å². The van der Waals surface area contributed by atoms with E-state index in [0.717, 1.165) is 23.0 Å². The Morgan fingerprint density at radius 2 is 0.787 bits per heavy atom. The summed E-state index contributed by atoms with van der Waals surface area (Å²) >= 11 is 3.90. The summed E-state index contributed by atoms with van der Waals surface area (Å²) in [4.78, 5) is 0. The quantitative estimate of drug-likeness (QED) is 0.0290. The first-order chi connectivity index (χ1) is 29.8. The van der Waals surface area contributed by atoms with E-state index in [1.165, 1.54) is 180 Å². The molecule has 13 heteroatoms. The Labute approximate surface area is 380 Å². The molecule has 7 N–H and O–H groups in total. The molecule has 11 nitrogen and oxygen atoms in total. The lowest BCUT2D eigenvalue weighted by atomic mass is 9.97. The number of aliphatic hydroxyl groups excluding tert-OH is 7. The van der Waals surface area contributed by atoms with Crippen molar-refractivity contribution in [2.45, 2.75) is 255 Å². The fourth-order valence-electron chi connectivity index (χ4n) is 8.37. The Hall–Kier alpha value is 0.260. The van der Waals surface area contributed by atoms with E-state index in [1.54, 1.807) is 0 Å². The van der Waals surface area contributed by atoms with Crippen LogP contribution in [0.4, 0.5) is 0 Å². The lowest BCUT2D eigenvalue weighted by Crippen LogP contribution is -2.64. The molecule has 2 saturated heterocycles. The number of thioether (sulfide) groups is 2. The summed E-state index contributed by atoms with van der Waals surface area (Å²) in [5.41, 5.74) is 0. The van der Waals surface area contributed by atoms with Crippen molar-refractivity contribution < 1.29 is 54.7 Å². The fourth-order valence-corrected chi connectivity index (χ4v) is 10.8. The van der Waals surface area contributed by atoms with Crippen molar-refractivity contribution in [1.82, 2.24) is 0 Å². The van der Waals surface area contributed by atoms with Gasteiger partial charge in [0.25, 0.3) is 0 Å². The third-order valence-electron chi connectivity index (χ3n) is 12.4. The van der Waals surface area contributed by atoms with Crippen LogP contribution in [-0.2, 0) is 18.9 Å². The Morgan fingerprint density at radius 3 is 1.18 bits per heavy atom. The first-order valence-corrected chi connectivity index (χ1v) is 27.4. The molecule has 0 radical (unpaired) electrons. The molecule has 2 rings (SSSR count). The van der Waals surface area contributed by atoms with Gasteiger partial charge in [0.1, 0.15) is 48.8 Å². The SMILES string of the molecule is CCCCCCCCCCCCCCCCSCC(CO[C@@H]1O[C@H](CO)[C@@H](O[C@@H]2O[C@H](CO)[C@H](O)[C@H](O)[C@H]2O)[C@H](O)[C@H]1O)CSCCCCCCCCCCCCCCCC. The normalized spacial score (nSPS) is 27.0. The molecule has 2 heterocycles. The third kappa shape index (κ3) is 25.7. The van der Waals surface area contributed by atoms with Gasteiger partial charge < -0.3 is 54.7 Å². The monoisotopic (exact) mass is 911 g/mol. The molecule has 61 heavy (non-hydrogen) atoms. The highest BCUT2D eigenvalue weighted by Crippen LogP contribution is 2.30. The molecule has 0 spiro atoms. The molecule has 364 valence electrons. The smallest absolute Gasteiger partial charge is 0.187 e. The highest BCUT2D eigenvalue weighted by atomic mass is 32.2. The molecular formula is C48H94O11S2. The van der Waals surface area contributed by atoms with Gasteiger partial charge in [-0.15, -0.1) is 0 Å². The van der Waals surface area contributed by atoms with Crippen molar-refractivity contribution in [2.24, 2.45) is 5.92 Å². The second-order valence-corrected chi connectivity index (χ2v) is 20.3. The highest BCUT2D eigenvalue weighted by molar-refractivity contribution is 8.00. The Kier molecular flexibility index (Phi) is 36.1. The van der Waals surface area contributed by atoms with Crippen molar-refractivity contribution in [1.29, 1.82) is 0 Å². The maximum absolute atomic E-state index is 11.1. The van der Waals surface area contributed by atoms with Crippen LogP contribution in [0.5, 0.6) is 0 Å². The topological polar surface area (TPSA) is 179 Å². The predicted molar refractivity (Wildman–Crippen MR) is 251 cm³/mol. The van der Waals surface area contributed by atoms with Crippen molar-refractivity contribution in [3.63, 3.8) is 0 Å². The van der Waals surface area contributed by atoms with E-state index in [-0.39, 0.29) is 5.92 Å². The Morgan fingerprint density at radius 1 is 0.426 bits per heavy atom. The molecule has 10 atom stereocenters. The minimum atomic E-state index is -1.71. The lowest BCUT2D eigenvalue weighted by molar-refractivity contribution is -0.359. The van der Waals surface area contributed by atoms with Crippen LogP contribution in [0.2, 0.25) is 0 Å². The standard InChI is InChI=1S/C48H94O11S2/c1-3-5-7-9-11-13-15-17-19-21-23-25-27-29-31-60-36-38(37-61-32-30-28-26-24-22-20-18-16-14-12-10-8-6-4-2)35-56-47-45(55)43(53)46(40(34-50)58-47)59-48-44(54)42(52)41(51)39(33-49)57-48/h38-55H,3-37H2,1-2H3/t39-,40-,41+,42+,43-,44-,45-,46-,47-,48+/m1/s1. The molecule has 2 aliphatic heterocycles. The van der Waals surface area contributed by atoms with Crippen LogP contribution < -0.4 is 0 Å². The predicted octanol–water partition coefficient (Wildman–Crippen LogP) is 8.67. The molecule has 0 bridgehead atoms. The van der Waals surface area contributed by atoms with E-state index in [2.05, 4.69) is 13.8 Å². The van der Waals surface area contributed by atoms with Crippen LogP contribution in [0.3, 0.4) is 0 Å². The molecule has 0 unspecified atom stereocenters. The van der Waals surface area contributed by atoms with Gasteiger partial charge in [-0.2, -0.15) is 23.5 Å². The second-order valence-electron chi connectivity index (χ2n) is 18.0. The summed E-state index contributed by atoms with van der Waals surface area (Å²) in [6.45, 7) is 3.64. The van der Waals surface area contributed by atoms with Gasteiger partial charge in [0.05, 0.1) is 19.8 Å². The van der Waals surface area contributed by atoms with Crippen molar-refractivity contribution in [3.05, 3.63) is 0 Å². The van der Waals surface area contributed by atoms with Crippen LogP contribution in [0, 0.1) is 5.92 Å². The molecule has 0 aromatic heterocycles. The van der Waals surface area contributed by atoms with Crippen LogP contribution in [0.25, 0.3) is 0 Å². The van der Waals surface area contributed by atoms with Crippen LogP contribution in [0.15, 0.2) is 0 Å². The summed E-state index contributed by atoms with van der Waals surface area (Å²) < 4.78 is 23.2. The third-order valence-corrected chi connectivity index (χ3v) is 15.0. The molecule has 0 aromatic carbocycles. The number of rotatable bonds is 41. The van der Waals surface area contributed by atoms with E-state index in [1.807, 2.05) is 23.5 Å². The second kappa shape index (κ2) is 38.4. The van der Waals surface area contributed by atoms with Crippen LogP contribution in [0.1, 0.15) is 194 Å². The average molecular weight is 911 g/mol. The van der Waals surface area contributed by atoms with Crippen LogP contribution in [-0.4, -0.2) is 140 Å². The lowest BCUT2D eigenvalue weighted by Gasteiger charge is -2.46. The molecule has 0 aliphatic carbocycles. The van der Waals surface area contributed by atoms with Gasteiger partial charge in [-0.3, -0.25) is 0 Å². The van der Waals surface area contributed by atoms with Crippen LogP contribution >= 0.6 is 23.5 Å². The van der Waals surface area contributed by atoms with Crippen molar-refractivity contribution >= 4 is 23.5 Å². The summed E-state index contributed by atoms with van der Waals surface area (Å²) in [6.07, 6.45) is 23.2. The van der Waals surface area contributed by atoms with Gasteiger partial charge in [0.15, 0.2) is 12.6 Å². The number of ether oxygens (including phenoxy) is 4. The largest absolute Gasteiger partial charge is 0.394 e. The molecule has 0 amide bonds. The van der Waals surface area contributed by atoms with Gasteiger partial charge in [-0.1, -0.05) is 181 Å². The van der Waals surface area contributed by atoms with E-state index < -0.39 is 74.6 Å².